The number of aryl methyl sites for hydroxylation is 1. The smallest absolute Gasteiger partial charge is 0.363 e. The van der Waals surface area contributed by atoms with Crippen molar-refractivity contribution in [3.8, 4) is 11.5 Å². The van der Waals surface area contributed by atoms with Gasteiger partial charge < -0.3 is 9.47 Å². The zero-order valence-electron chi connectivity index (χ0n) is 11.9. The molecule has 21 heavy (non-hydrogen) atoms. The van der Waals surface area contributed by atoms with E-state index >= 15 is 0 Å². The lowest BCUT2D eigenvalue weighted by Crippen LogP contribution is -2.15. The Balaban J connectivity index is 2.21. The summed E-state index contributed by atoms with van der Waals surface area (Å²) in [5, 5.41) is 10.1. The summed E-state index contributed by atoms with van der Waals surface area (Å²) in [7, 11) is 3.15. The molecule has 0 radical (unpaired) electrons. The van der Waals surface area contributed by atoms with Crippen molar-refractivity contribution in [1.29, 1.82) is 0 Å². The lowest BCUT2D eigenvalue weighted by molar-refractivity contribution is 0.402. The molecule has 0 aliphatic rings. The van der Waals surface area contributed by atoms with Crippen LogP contribution in [0.1, 0.15) is 11.3 Å². The molecule has 0 aliphatic carbocycles. The second-order valence-electron chi connectivity index (χ2n) is 4.05. The largest absolute Gasteiger partial charge is 0.497 e. The van der Waals surface area contributed by atoms with Gasteiger partial charge in [0.2, 0.25) is 0 Å². The molecule has 0 saturated carbocycles. The van der Waals surface area contributed by atoms with Gasteiger partial charge in [-0.3, -0.25) is 5.43 Å². The van der Waals surface area contributed by atoms with Gasteiger partial charge in [0, 0.05) is 5.56 Å². The first-order valence-corrected chi connectivity index (χ1v) is 6.08. The Morgan fingerprint density at radius 1 is 1.33 bits per heavy atom. The molecule has 0 atom stereocenters. The number of hydrogen-bond donors (Lipinski definition) is 2. The molecular formula is C13H15N5O3. The Morgan fingerprint density at radius 2 is 2.14 bits per heavy atom. The third kappa shape index (κ3) is 3.56. The second-order valence-corrected chi connectivity index (χ2v) is 4.05. The van der Waals surface area contributed by atoms with Crippen LogP contribution in [0.2, 0.25) is 0 Å². The van der Waals surface area contributed by atoms with Gasteiger partial charge in [0.25, 0.3) is 0 Å². The molecule has 2 N–H and O–H groups in total. The fourth-order valence-corrected chi connectivity index (χ4v) is 1.60. The van der Waals surface area contributed by atoms with Crippen LogP contribution in [-0.2, 0) is 0 Å². The molecule has 110 valence electrons. The highest BCUT2D eigenvalue weighted by molar-refractivity contribution is 5.84. The molecule has 0 unspecified atom stereocenters. The maximum atomic E-state index is 11.1. The van der Waals surface area contributed by atoms with Gasteiger partial charge in [0.1, 0.15) is 17.2 Å². The molecule has 1 aromatic carbocycles. The lowest BCUT2D eigenvalue weighted by atomic mass is 10.2. The first kappa shape index (κ1) is 14.5. The van der Waals surface area contributed by atoms with Gasteiger partial charge in [-0.25, -0.2) is 9.89 Å². The molecule has 0 saturated heterocycles. The van der Waals surface area contributed by atoms with E-state index in [1.807, 2.05) is 0 Å². The predicted octanol–water partition coefficient (Wildman–Crippen LogP) is 0.937. The molecule has 8 nitrogen and oxygen atoms in total. The normalized spacial score (nSPS) is 10.6. The number of ether oxygens (including phenoxy) is 2. The Kier molecular flexibility index (Phi) is 4.50. The van der Waals surface area contributed by atoms with Crippen LogP contribution in [0.5, 0.6) is 11.5 Å². The van der Waals surface area contributed by atoms with E-state index in [1.165, 1.54) is 0 Å². The van der Waals surface area contributed by atoms with Crippen molar-refractivity contribution in [2.45, 2.75) is 6.92 Å². The first-order valence-electron chi connectivity index (χ1n) is 6.08. The third-order valence-corrected chi connectivity index (χ3v) is 2.69. The van der Waals surface area contributed by atoms with Crippen LogP contribution in [0, 0.1) is 6.92 Å². The summed E-state index contributed by atoms with van der Waals surface area (Å²) in [4.78, 5) is 14.8. The van der Waals surface area contributed by atoms with Crippen LogP contribution in [0.15, 0.2) is 28.1 Å². The second kappa shape index (κ2) is 6.51. The standard InChI is InChI=1S/C13H15N5O3/c1-8-12(15-13(19)18-16-8)17-14-7-9-6-10(20-2)4-5-11(9)21-3/h4-7H,1-3H3,(H2,15,17,18,19)/b14-7-. The number of benzene rings is 1. The molecule has 2 rings (SSSR count). The number of nitrogens with one attached hydrogen (secondary N) is 2. The maximum absolute atomic E-state index is 11.1. The predicted molar refractivity (Wildman–Crippen MR) is 78.2 cm³/mol. The number of hydrogen-bond acceptors (Lipinski definition) is 7. The summed E-state index contributed by atoms with van der Waals surface area (Å²) in [6.07, 6.45) is 1.55. The van der Waals surface area contributed by atoms with Gasteiger partial charge in [-0.1, -0.05) is 0 Å². The molecule has 8 heteroatoms. The fourth-order valence-electron chi connectivity index (χ4n) is 1.60. The number of aromatic amines is 1. The summed E-state index contributed by atoms with van der Waals surface area (Å²) < 4.78 is 10.4. The van der Waals surface area contributed by atoms with E-state index in [-0.39, 0.29) is 5.82 Å². The molecule has 0 fully saturated rings. The van der Waals surface area contributed by atoms with Crippen LogP contribution < -0.4 is 20.6 Å². The average molecular weight is 289 g/mol. The van der Waals surface area contributed by atoms with Crippen molar-refractivity contribution in [3.05, 3.63) is 39.9 Å². The van der Waals surface area contributed by atoms with Crippen LogP contribution in [0.4, 0.5) is 5.82 Å². The van der Waals surface area contributed by atoms with E-state index in [0.717, 1.165) is 5.56 Å². The highest BCUT2D eigenvalue weighted by atomic mass is 16.5. The van der Waals surface area contributed by atoms with Crippen LogP contribution in [-0.4, -0.2) is 35.6 Å². The van der Waals surface area contributed by atoms with E-state index in [1.54, 1.807) is 45.6 Å². The molecule has 1 heterocycles. The Hall–Kier alpha value is -2.90. The molecule has 1 aromatic heterocycles. The zero-order chi connectivity index (χ0) is 15.2. The number of methoxy groups -OCH3 is 2. The molecule has 0 spiro atoms. The number of rotatable bonds is 5. The van der Waals surface area contributed by atoms with Crippen molar-refractivity contribution in [3.63, 3.8) is 0 Å². The summed E-state index contributed by atoms with van der Waals surface area (Å²) >= 11 is 0. The maximum Gasteiger partial charge on any atom is 0.363 e. The molecular weight excluding hydrogens is 274 g/mol. The molecule has 0 amide bonds. The number of hydrazone groups is 1. The van der Waals surface area contributed by atoms with E-state index in [4.69, 9.17) is 9.47 Å². The zero-order valence-corrected chi connectivity index (χ0v) is 11.9. The van der Waals surface area contributed by atoms with Crippen molar-refractivity contribution in [1.82, 2.24) is 15.2 Å². The quantitative estimate of drug-likeness (QED) is 0.627. The van der Waals surface area contributed by atoms with Gasteiger partial charge in [-0.2, -0.15) is 15.2 Å². The SMILES string of the molecule is COc1ccc(OC)c(/C=N\Nc2nc(=O)[nH]nc2C)c1. The van der Waals surface area contributed by atoms with Crippen LogP contribution in [0.3, 0.4) is 0 Å². The summed E-state index contributed by atoms with van der Waals surface area (Å²) in [6.45, 7) is 1.70. The van der Waals surface area contributed by atoms with Gasteiger partial charge >= 0.3 is 5.69 Å². The Bertz CT molecular complexity index is 711. The summed E-state index contributed by atoms with van der Waals surface area (Å²) in [5.41, 5.74) is 3.38. The van der Waals surface area contributed by atoms with Gasteiger partial charge in [-0.15, -0.1) is 0 Å². The minimum absolute atomic E-state index is 0.289. The summed E-state index contributed by atoms with van der Waals surface area (Å²) in [5.74, 6) is 1.62. The monoisotopic (exact) mass is 289 g/mol. The van der Waals surface area contributed by atoms with E-state index < -0.39 is 5.69 Å². The van der Waals surface area contributed by atoms with Crippen LogP contribution in [0.25, 0.3) is 0 Å². The number of nitrogens with zero attached hydrogens (tertiary/aromatic N) is 3. The fraction of sp³-hybridized carbons (Fsp3) is 0.231. The van der Waals surface area contributed by atoms with Gasteiger partial charge in [0.05, 0.1) is 20.4 Å². The van der Waals surface area contributed by atoms with E-state index in [0.29, 0.717) is 17.2 Å². The Labute approximate surface area is 120 Å². The van der Waals surface area contributed by atoms with E-state index in [2.05, 4.69) is 25.7 Å². The highest BCUT2D eigenvalue weighted by Gasteiger charge is 2.03. The van der Waals surface area contributed by atoms with E-state index in [9.17, 15) is 4.79 Å². The number of aromatic nitrogens is 3. The topological polar surface area (TPSA) is 101 Å². The minimum Gasteiger partial charge on any atom is -0.497 e. The van der Waals surface area contributed by atoms with Gasteiger partial charge in [0.15, 0.2) is 5.82 Å². The molecule has 0 aliphatic heterocycles. The first-order chi connectivity index (χ1) is 10.1. The number of anilines is 1. The van der Waals surface area contributed by atoms with Crippen molar-refractivity contribution >= 4 is 12.0 Å². The van der Waals surface area contributed by atoms with Crippen molar-refractivity contribution in [2.75, 3.05) is 19.6 Å². The van der Waals surface area contributed by atoms with Crippen LogP contribution >= 0.6 is 0 Å². The third-order valence-electron chi connectivity index (χ3n) is 2.69. The van der Waals surface area contributed by atoms with Crippen molar-refractivity contribution in [2.24, 2.45) is 5.10 Å². The highest BCUT2D eigenvalue weighted by Crippen LogP contribution is 2.22. The van der Waals surface area contributed by atoms with Crippen molar-refractivity contribution < 1.29 is 9.47 Å². The van der Waals surface area contributed by atoms with Gasteiger partial charge in [-0.05, 0) is 25.1 Å². The molecule has 2 aromatic rings. The number of H-pyrrole nitrogens is 1. The minimum atomic E-state index is -0.544. The summed E-state index contributed by atoms with van der Waals surface area (Å²) in [6, 6.07) is 5.34. The average Bonchev–Trinajstić information content (AvgIpc) is 2.50. The molecule has 0 bridgehead atoms. The Morgan fingerprint density at radius 3 is 2.86 bits per heavy atom. The lowest BCUT2D eigenvalue weighted by Gasteiger charge is -2.07.